The Morgan fingerprint density at radius 1 is 1.09 bits per heavy atom. The summed E-state index contributed by atoms with van der Waals surface area (Å²) < 4.78 is 11.5. The number of carbonyl (C=O) groups excluding carboxylic acids is 2. The average Bonchev–Trinajstić information content (AvgIpc) is 3.45. The predicted molar refractivity (Wildman–Crippen MR) is 129 cm³/mol. The fourth-order valence-electron chi connectivity index (χ4n) is 3.05. The van der Waals surface area contributed by atoms with E-state index < -0.39 is 18.5 Å². The number of rotatable bonds is 8. The van der Waals surface area contributed by atoms with Crippen LogP contribution in [0.3, 0.4) is 0 Å². The summed E-state index contributed by atoms with van der Waals surface area (Å²) in [6.07, 6.45) is 0. The van der Waals surface area contributed by atoms with Crippen molar-refractivity contribution in [3.8, 4) is 28.5 Å². The van der Waals surface area contributed by atoms with Crippen molar-refractivity contribution in [3.05, 3.63) is 66.2 Å². The van der Waals surface area contributed by atoms with Crippen molar-refractivity contribution in [2.45, 2.75) is 4.34 Å². The van der Waals surface area contributed by atoms with Crippen molar-refractivity contribution in [2.75, 3.05) is 23.4 Å². The number of nitriles is 1. The molecule has 0 bridgehead atoms. The van der Waals surface area contributed by atoms with Crippen LogP contribution in [0, 0.1) is 11.3 Å². The second-order valence-electron chi connectivity index (χ2n) is 6.76. The van der Waals surface area contributed by atoms with Crippen LogP contribution in [0.2, 0.25) is 0 Å². The van der Waals surface area contributed by atoms with Crippen LogP contribution in [0.5, 0.6) is 0 Å². The Morgan fingerprint density at radius 2 is 1.76 bits per heavy atom. The Kier molecular flexibility index (Phi) is 7.22. The van der Waals surface area contributed by atoms with E-state index in [1.165, 1.54) is 0 Å². The van der Waals surface area contributed by atoms with E-state index in [-0.39, 0.29) is 17.2 Å². The third kappa shape index (κ3) is 5.43. The minimum absolute atomic E-state index is 0.0139. The Hall–Kier alpha value is -4.14. The first-order chi connectivity index (χ1) is 16.5. The number of benzene rings is 2. The van der Waals surface area contributed by atoms with Crippen LogP contribution in [-0.2, 0) is 14.3 Å². The monoisotopic (exact) mass is 491 g/mol. The van der Waals surface area contributed by atoms with Crippen LogP contribution in [-0.4, -0.2) is 34.4 Å². The van der Waals surface area contributed by atoms with Crippen molar-refractivity contribution >= 4 is 46.0 Å². The Labute approximate surface area is 202 Å². The lowest BCUT2D eigenvalue weighted by Gasteiger charge is -2.04. The smallest absolute Gasteiger partial charge is 0.316 e. The maximum Gasteiger partial charge on any atom is 0.316 e. The number of furan rings is 1. The lowest BCUT2D eigenvalue weighted by Crippen LogP contribution is -2.21. The molecule has 0 aliphatic heterocycles. The van der Waals surface area contributed by atoms with E-state index in [4.69, 9.17) is 14.9 Å². The van der Waals surface area contributed by atoms with Gasteiger partial charge < -0.3 is 14.9 Å². The molecule has 2 aromatic heterocycles. The molecule has 170 valence electrons. The summed E-state index contributed by atoms with van der Waals surface area (Å²) in [5, 5.41) is 20.2. The second-order valence-corrected chi connectivity index (χ2v) is 8.99. The lowest BCUT2D eigenvalue weighted by molar-refractivity contribution is -0.144. The highest BCUT2D eigenvalue weighted by Gasteiger charge is 2.24. The number of esters is 1. The van der Waals surface area contributed by atoms with E-state index in [1.807, 2.05) is 60.7 Å². The molecule has 3 N–H and O–H groups in total. The number of aromatic nitrogens is 2. The molecule has 2 aromatic carbocycles. The van der Waals surface area contributed by atoms with Crippen LogP contribution in [0.1, 0.15) is 5.56 Å². The Bertz CT molecular complexity index is 1350. The molecule has 0 radical (unpaired) electrons. The van der Waals surface area contributed by atoms with Crippen LogP contribution in [0.25, 0.3) is 22.5 Å². The lowest BCUT2D eigenvalue weighted by atomic mass is 9.98. The Morgan fingerprint density at radius 3 is 2.38 bits per heavy atom. The first-order valence-corrected chi connectivity index (χ1v) is 11.7. The molecule has 2 heterocycles. The molecule has 11 heteroatoms. The highest BCUT2D eigenvalue weighted by Crippen LogP contribution is 2.41. The largest absolute Gasteiger partial charge is 0.455 e. The van der Waals surface area contributed by atoms with Crippen molar-refractivity contribution in [3.63, 3.8) is 0 Å². The van der Waals surface area contributed by atoms with E-state index in [2.05, 4.69) is 21.6 Å². The molecular formula is C23H17N5O4S2. The van der Waals surface area contributed by atoms with Crippen LogP contribution in [0.15, 0.2) is 69.4 Å². The highest BCUT2D eigenvalue weighted by molar-refractivity contribution is 8.01. The summed E-state index contributed by atoms with van der Waals surface area (Å²) in [6.45, 7) is -0.537. The molecule has 0 saturated heterocycles. The van der Waals surface area contributed by atoms with Crippen molar-refractivity contribution in [2.24, 2.45) is 0 Å². The molecular weight excluding hydrogens is 474 g/mol. The van der Waals surface area contributed by atoms with Crippen LogP contribution >= 0.6 is 23.1 Å². The van der Waals surface area contributed by atoms with Gasteiger partial charge in [0.15, 0.2) is 10.9 Å². The number of nitrogens with zero attached hydrogens (tertiary/aromatic N) is 3. The predicted octanol–water partition coefficient (Wildman–Crippen LogP) is 4.19. The number of carbonyl (C=O) groups is 2. The van der Waals surface area contributed by atoms with E-state index in [1.54, 1.807) is 0 Å². The summed E-state index contributed by atoms with van der Waals surface area (Å²) in [5.41, 5.74) is 7.75. The van der Waals surface area contributed by atoms with E-state index >= 15 is 0 Å². The quantitative estimate of drug-likeness (QED) is 0.274. The third-order valence-corrected chi connectivity index (χ3v) is 6.33. The van der Waals surface area contributed by atoms with Gasteiger partial charge in [-0.05, 0) is 5.56 Å². The van der Waals surface area contributed by atoms with Gasteiger partial charge in [0, 0.05) is 11.1 Å². The standard InChI is InChI=1S/C23H17N5O4S2/c24-11-16-19(14-7-3-1-4-8-14)20(15-9-5-2-6-10-15)32-21(16)26-17(29)12-31-18(30)13-33-23-28-27-22(25)34-23/h1-10H,12-13H2,(H2,25,27)(H,26,29). The normalized spacial score (nSPS) is 10.4. The number of ether oxygens (including phenoxy) is 1. The molecule has 4 aromatic rings. The number of nitrogen functional groups attached to an aromatic ring is 1. The fourth-order valence-corrected chi connectivity index (χ4v) is 4.48. The number of nitrogens with two attached hydrogens (primary N) is 1. The molecule has 0 saturated carbocycles. The van der Waals surface area contributed by atoms with Gasteiger partial charge in [0.05, 0.1) is 5.75 Å². The number of amides is 1. The zero-order valence-electron chi connectivity index (χ0n) is 17.6. The maximum absolute atomic E-state index is 12.5. The number of hydrogen-bond donors (Lipinski definition) is 2. The molecule has 0 unspecified atom stereocenters. The van der Waals surface area contributed by atoms with Crippen LogP contribution in [0.4, 0.5) is 11.0 Å². The average molecular weight is 492 g/mol. The second kappa shape index (κ2) is 10.7. The molecule has 0 spiro atoms. The zero-order valence-corrected chi connectivity index (χ0v) is 19.2. The summed E-state index contributed by atoms with van der Waals surface area (Å²) in [6, 6.07) is 20.7. The fraction of sp³-hybridized carbons (Fsp3) is 0.0870. The molecule has 0 atom stereocenters. The van der Waals surface area contributed by atoms with Gasteiger partial charge in [0.2, 0.25) is 11.0 Å². The van der Waals surface area contributed by atoms with Gasteiger partial charge in [-0.1, -0.05) is 83.8 Å². The van der Waals surface area contributed by atoms with E-state index in [9.17, 15) is 14.9 Å². The van der Waals surface area contributed by atoms with Crippen molar-refractivity contribution in [1.29, 1.82) is 5.26 Å². The summed E-state index contributed by atoms with van der Waals surface area (Å²) in [7, 11) is 0. The highest BCUT2D eigenvalue weighted by atomic mass is 32.2. The van der Waals surface area contributed by atoms with E-state index in [0.29, 0.717) is 20.8 Å². The minimum atomic E-state index is -0.636. The SMILES string of the molecule is N#Cc1c(NC(=O)COC(=O)CSc2nnc(N)s2)oc(-c2ccccc2)c1-c1ccccc1. The van der Waals surface area contributed by atoms with Gasteiger partial charge in [-0.3, -0.25) is 14.9 Å². The number of thioether (sulfide) groups is 1. The minimum Gasteiger partial charge on any atom is -0.455 e. The van der Waals surface area contributed by atoms with Crippen molar-refractivity contribution in [1.82, 2.24) is 10.2 Å². The van der Waals surface area contributed by atoms with Crippen LogP contribution < -0.4 is 11.1 Å². The maximum atomic E-state index is 12.5. The zero-order chi connectivity index (χ0) is 23.9. The summed E-state index contributed by atoms with van der Waals surface area (Å²) >= 11 is 2.26. The number of anilines is 2. The topological polar surface area (TPSA) is 144 Å². The molecule has 9 nitrogen and oxygen atoms in total. The molecule has 0 aliphatic carbocycles. The van der Waals surface area contributed by atoms with Gasteiger partial charge in [-0.25, -0.2) is 0 Å². The van der Waals surface area contributed by atoms with E-state index in [0.717, 1.165) is 34.2 Å². The van der Waals surface area contributed by atoms with Gasteiger partial charge in [0.1, 0.15) is 17.4 Å². The Balaban J connectivity index is 1.49. The van der Waals surface area contributed by atoms with Gasteiger partial charge in [-0.15, -0.1) is 10.2 Å². The van der Waals surface area contributed by atoms with Gasteiger partial charge >= 0.3 is 5.97 Å². The van der Waals surface area contributed by atoms with Gasteiger partial charge in [0.25, 0.3) is 5.91 Å². The number of nitrogens with one attached hydrogen (secondary N) is 1. The van der Waals surface area contributed by atoms with Gasteiger partial charge in [-0.2, -0.15) is 5.26 Å². The molecule has 0 fully saturated rings. The first-order valence-electron chi connectivity index (χ1n) is 9.90. The van der Waals surface area contributed by atoms with Crippen molar-refractivity contribution < 1.29 is 18.7 Å². The summed E-state index contributed by atoms with van der Waals surface area (Å²) in [4.78, 5) is 24.4. The third-order valence-electron chi connectivity index (χ3n) is 4.47. The molecule has 0 aliphatic rings. The molecule has 34 heavy (non-hydrogen) atoms. The first kappa shape index (κ1) is 23.0. The molecule has 1 amide bonds. The number of hydrogen-bond acceptors (Lipinski definition) is 10. The summed E-state index contributed by atoms with van der Waals surface area (Å²) in [5.74, 6) is -0.863. The molecule has 4 rings (SSSR count).